The topological polar surface area (TPSA) is 15.3 Å². The third-order valence-corrected chi connectivity index (χ3v) is 4.87. The van der Waals surface area contributed by atoms with Crippen LogP contribution in [0.2, 0.25) is 0 Å². The third-order valence-electron chi connectivity index (χ3n) is 4.87. The van der Waals surface area contributed by atoms with Gasteiger partial charge in [-0.1, -0.05) is 31.2 Å². The van der Waals surface area contributed by atoms with Crippen molar-refractivity contribution < 1.29 is 0 Å². The first-order valence-electron chi connectivity index (χ1n) is 7.30. The standard InChI is InChI=1S/C16H24N2/c1-3-13-4-6-14(7-5-13)10-18-11-15-8-17-9-16(15)12(18)2/h4-7,12,15-17H,3,8-11H2,1-2H3. The van der Waals surface area contributed by atoms with Crippen molar-refractivity contribution in [3.63, 3.8) is 0 Å². The maximum Gasteiger partial charge on any atom is 0.0236 e. The van der Waals surface area contributed by atoms with Gasteiger partial charge in [0.05, 0.1) is 0 Å². The highest BCUT2D eigenvalue weighted by atomic mass is 15.2. The molecule has 2 aliphatic rings. The summed E-state index contributed by atoms with van der Waals surface area (Å²) in [6, 6.07) is 9.89. The van der Waals surface area contributed by atoms with Crippen molar-refractivity contribution in [3.8, 4) is 0 Å². The van der Waals surface area contributed by atoms with Crippen LogP contribution in [0.4, 0.5) is 0 Å². The van der Waals surface area contributed by atoms with E-state index in [9.17, 15) is 0 Å². The largest absolute Gasteiger partial charge is 0.316 e. The normalized spacial score (nSPS) is 31.8. The summed E-state index contributed by atoms with van der Waals surface area (Å²) >= 11 is 0. The van der Waals surface area contributed by atoms with Crippen molar-refractivity contribution in [3.05, 3.63) is 35.4 Å². The molecule has 2 aliphatic heterocycles. The van der Waals surface area contributed by atoms with E-state index in [1.807, 2.05) is 0 Å². The molecule has 1 N–H and O–H groups in total. The van der Waals surface area contributed by atoms with Crippen LogP contribution in [-0.4, -0.2) is 30.6 Å². The second kappa shape index (κ2) is 5.02. The Bertz CT molecular complexity index is 398. The SMILES string of the molecule is CCc1ccc(CN2CC3CNCC3C2C)cc1. The van der Waals surface area contributed by atoms with Crippen LogP contribution in [0.1, 0.15) is 25.0 Å². The van der Waals surface area contributed by atoms with Gasteiger partial charge in [-0.25, -0.2) is 0 Å². The maximum atomic E-state index is 3.53. The van der Waals surface area contributed by atoms with E-state index in [1.165, 1.54) is 30.8 Å². The number of nitrogens with zero attached hydrogens (tertiary/aromatic N) is 1. The smallest absolute Gasteiger partial charge is 0.0236 e. The fourth-order valence-corrected chi connectivity index (χ4v) is 3.58. The van der Waals surface area contributed by atoms with E-state index >= 15 is 0 Å². The molecule has 2 fully saturated rings. The highest BCUT2D eigenvalue weighted by molar-refractivity contribution is 5.22. The molecule has 98 valence electrons. The van der Waals surface area contributed by atoms with Crippen LogP contribution in [0, 0.1) is 11.8 Å². The number of benzene rings is 1. The number of fused-ring (bicyclic) bond motifs is 1. The van der Waals surface area contributed by atoms with E-state index in [-0.39, 0.29) is 0 Å². The molecule has 1 aromatic carbocycles. The molecule has 3 unspecified atom stereocenters. The Kier molecular flexibility index (Phi) is 3.40. The van der Waals surface area contributed by atoms with Crippen LogP contribution in [-0.2, 0) is 13.0 Å². The zero-order chi connectivity index (χ0) is 12.5. The van der Waals surface area contributed by atoms with Crippen LogP contribution >= 0.6 is 0 Å². The van der Waals surface area contributed by atoms with E-state index in [2.05, 4.69) is 48.3 Å². The molecular formula is C16H24N2. The van der Waals surface area contributed by atoms with Gasteiger partial charge < -0.3 is 5.32 Å². The number of aryl methyl sites for hydroxylation is 1. The lowest BCUT2D eigenvalue weighted by molar-refractivity contribution is 0.231. The fraction of sp³-hybridized carbons (Fsp3) is 0.625. The molecule has 3 rings (SSSR count). The van der Waals surface area contributed by atoms with Gasteiger partial charge in [0.25, 0.3) is 0 Å². The van der Waals surface area contributed by atoms with Crippen molar-refractivity contribution in [2.75, 3.05) is 19.6 Å². The zero-order valence-corrected chi connectivity index (χ0v) is 11.5. The van der Waals surface area contributed by atoms with Gasteiger partial charge in [0.15, 0.2) is 0 Å². The summed E-state index contributed by atoms with van der Waals surface area (Å²) < 4.78 is 0. The van der Waals surface area contributed by atoms with Crippen LogP contribution in [0.25, 0.3) is 0 Å². The Morgan fingerprint density at radius 2 is 1.89 bits per heavy atom. The molecule has 0 aromatic heterocycles. The first-order valence-corrected chi connectivity index (χ1v) is 7.30. The minimum atomic E-state index is 0.732. The third kappa shape index (κ3) is 2.19. The Hall–Kier alpha value is -0.860. The van der Waals surface area contributed by atoms with Crippen molar-refractivity contribution in [1.82, 2.24) is 10.2 Å². The summed E-state index contributed by atoms with van der Waals surface area (Å²) in [7, 11) is 0. The maximum absolute atomic E-state index is 3.53. The summed E-state index contributed by atoms with van der Waals surface area (Å²) in [5, 5.41) is 3.53. The minimum absolute atomic E-state index is 0.732. The summed E-state index contributed by atoms with van der Waals surface area (Å²) in [4.78, 5) is 2.66. The lowest BCUT2D eigenvalue weighted by atomic mass is 9.95. The van der Waals surface area contributed by atoms with Gasteiger partial charge in [0, 0.05) is 19.1 Å². The highest BCUT2D eigenvalue weighted by Gasteiger charge is 2.41. The van der Waals surface area contributed by atoms with Crippen LogP contribution in [0.3, 0.4) is 0 Å². The Morgan fingerprint density at radius 1 is 1.17 bits per heavy atom. The summed E-state index contributed by atoms with van der Waals surface area (Å²) in [5.41, 5.74) is 2.90. The lowest BCUT2D eigenvalue weighted by Gasteiger charge is -2.24. The van der Waals surface area contributed by atoms with Crippen molar-refractivity contribution in [1.29, 1.82) is 0 Å². The van der Waals surface area contributed by atoms with Crippen LogP contribution < -0.4 is 5.32 Å². The van der Waals surface area contributed by atoms with Gasteiger partial charge in [0.1, 0.15) is 0 Å². The first-order chi connectivity index (χ1) is 8.78. The molecule has 0 radical (unpaired) electrons. The Labute approximate surface area is 110 Å². The number of rotatable bonds is 3. The van der Waals surface area contributed by atoms with E-state index in [0.717, 1.165) is 30.8 Å². The molecule has 0 saturated carbocycles. The van der Waals surface area contributed by atoms with Crippen molar-refractivity contribution in [2.24, 2.45) is 11.8 Å². The van der Waals surface area contributed by atoms with Crippen LogP contribution in [0.15, 0.2) is 24.3 Å². The van der Waals surface area contributed by atoms with Crippen molar-refractivity contribution in [2.45, 2.75) is 32.9 Å². The highest BCUT2D eigenvalue weighted by Crippen LogP contribution is 2.33. The summed E-state index contributed by atoms with van der Waals surface area (Å²) in [6.45, 7) is 9.45. The minimum Gasteiger partial charge on any atom is -0.316 e. The van der Waals surface area contributed by atoms with Gasteiger partial charge in [-0.3, -0.25) is 4.90 Å². The molecule has 1 aromatic rings. The lowest BCUT2D eigenvalue weighted by Crippen LogP contribution is -2.32. The predicted molar refractivity (Wildman–Crippen MR) is 75.5 cm³/mol. The average molecular weight is 244 g/mol. The Morgan fingerprint density at radius 3 is 2.56 bits per heavy atom. The summed E-state index contributed by atoms with van der Waals surface area (Å²) in [6.07, 6.45) is 1.14. The monoisotopic (exact) mass is 244 g/mol. The number of likely N-dealkylation sites (tertiary alicyclic amines) is 1. The molecule has 18 heavy (non-hydrogen) atoms. The second-order valence-electron chi connectivity index (χ2n) is 5.92. The molecule has 2 nitrogen and oxygen atoms in total. The molecule has 2 heteroatoms. The van der Waals surface area contributed by atoms with Crippen molar-refractivity contribution >= 4 is 0 Å². The van der Waals surface area contributed by atoms with E-state index < -0.39 is 0 Å². The molecule has 0 bridgehead atoms. The number of nitrogens with one attached hydrogen (secondary N) is 1. The first kappa shape index (κ1) is 12.2. The van der Waals surface area contributed by atoms with Crippen LogP contribution in [0.5, 0.6) is 0 Å². The van der Waals surface area contributed by atoms with Gasteiger partial charge in [-0.2, -0.15) is 0 Å². The molecule has 3 atom stereocenters. The fourth-order valence-electron chi connectivity index (χ4n) is 3.58. The predicted octanol–water partition coefficient (Wildman–Crippen LogP) is 2.29. The number of hydrogen-bond donors (Lipinski definition) is 1. The van der Waals surface area contributed by atoms with E-state index in [1.54, 1.807) is 0 Å². The molecule has 0 aliphatic carbocycles. The van der Waals surface area contributed by atoms with Gasteiger partial charge >= 0.3 is 0 Å². The second-order valence-corrected chi connectivity index (χ2v) is 5.92. The molecule has 0 spiro atoms. The van der Waals surface area contributed by atoms with E-state index in [4.69, 9.17) is 0 Å². The van der Waals surface area contributed by atoms with Gasteiger partial charge in [-0.05, 0) is 49.4 Å². The molecule has 2 saturated heterocycles. The quantitative estimate of drug-likeness (QED) is 0.877. The molecule has 2 heterocycles. The molecular weight excluding hydrogens is 220 g/mol. The van der Waals surface area contributed by atoms with Gasteiger partial charge in [-0.15, -0.1) is 0 Å². The zero-order valence-electron chi connectivity index (χ0n) is 11.5. The Balaban J connectivity index is 1.65. The summed E-state index contributed by atoms with van der Waals surface area (Å²) in [5.74, 6) is 1.76. The van der Waals surface area contributed by atoms with Gasteiger partial charge in [0.2, 0.25) is 0 Å². The van der Waals surface area contributed by atoms with E-state index in [0.29, 0.717) is 0 Å². The number of hydrogen-bond acceptors (Lipinski definition) is 2. The average Bonchev–Trinajstić information content (AvgIpc) is 2.95. The molecule has 0 amide bonds.